The normalized spacial score (nSPS) is 21.9. The van der Waals surface area contributed by atoms with Crippen molar-refractivity contribution in [1.82, 2.24) is 9.88 Å². The Balaban J connectivity index is 1.14. The molecule has 3 heterocycles. The van der Waals surface area contributed by atoms with Crippen LogP contribution in [-0.2, 0) is 21.7 Å². The van der Waals surface area contributed by atoms with Crippen molar-refractivity contribution in [3.05, 3.63) is 130 Å². The van der Waals surface area contributed by atoms with E-state index in [-0.39, 0.29) is 24.7 Å². The molecule has 6 rings (SSSR count). The van der Waals surface area contributed by atoms with Gasteiger partial charge in [0.05, 0.1) is 30.0 Å². The number of pyridine rings is 1. The zero-order valence-corrected chi connectivity index (χ0v) is 25.1. The quantitative estimate of drug-likeness (QED) is 0.224. The van der Waals surface area contributed by atoms with Gasteiger partial charge in [-0.3, -0.25) is 9.78 Å². The Bertz CT molecular complexity index is 1530. The number of aliphatic hydroxyl groups excluding tert-OH is 1. The first-order chi connectivity index (χ1) is 21.4. The van der Waals surface area contributed by atoms with Gasteiger partial charge in [-0.2, -0.15) is 0 Å². The smallest absolute Gasteiger partial charge is 0.257 e. The van der Waals surface area contributed by atoms with Gasteiger partial charge in [-0.1, -0.05) is 60.1 Å². The van der Waals surface area contributed by atoms with Gasteiger partial charge in [0, 0.05) is 54.7 Å². The highest BCUT2D eigenvalue weighted by Gasteiger charge is 2.37. The maximum Gasteiger partial charge on any atom is 0.257 e. The molecule has 2 saturated heterocycles. The number of likely N-dealkylation sites (tertiary alicyclic amines) is 1. The standard InChI is InChI=1S/C35H36ClN3O5/c36-29-11-9-28(10-12-29)35(42)15-18-39(19-16-35)22-31-20-32(25-5-3-24(23-40)4-6-25)44-34(43-31)26-7-13-30(14-8-26)38-33(41)27-2-1-17-37-21-27/h1-14,17,21,31-32,34,40,42H,15-16,18-20,22-23H2,(H,38,41). The van der Waals surface area contributed by atoms with Crippen molar-refractivity contribution in [3.8, 4) is 0 Å². The summed E-state index contributed by atoms with van der Waals surface area (Å²) in [6.07, 6.45) is 4.17. The number of amides is 1. The zero-order valence-electron chi connectivity index (χ0n) is 24.3. The van der Waals surface area contributed by atoms with Gasteiger partial charge in [0.25, 0.3) is 5.91 Å². The molecule has 4 aromatic rings. The number of halogens is 1. The predicted octanol–water partition coefficient (Wildman–Crippen LogP) is 6.01. The SMILES string of the molecule is O=C(Nc1ccc(C2OC(CN3CCC(O)(c4ccc(Cl)cc4)CC3)CC(c3ccc(CO)cc3)O2)cc1)c1cccnc1. The van der Waals surface area contributed by atoms with E-state index in [9.17, 15) is 15.0 Å². The Labute approximate surface area is 262 Å². The molecule has 2 aliphatic rings. The number of ether oxygens (including phenoxy) is 2. The summed E-state index contributed by atoms with van der Waals surface area (Å²) in [5, 5.41) is 24.4. The fourth-order valence-corrected chi connectivity index (χ4v) is 6.03. The van der Waals surface area contributed by atoms with Crippen molar-refractivity contribution in [1.29, 1.82) is 0 Å². The average molecular weight is 614 g/mol. The van der Waals surface area contributed by atoms with Gasteiger partial charge >= 0.3 is 0 Å². The van der Waals surface area contributed by atoms with Crippen molar-refractivity contribution >= 4 is 23.2 Å². The van der Waals surface area contributed by atoms with Crippen LogP contribution in [0.1, 0.15) is 64.3 Å². The van der Waals surface area contributed by atoms with Crippen molar-refractivity contribution in [2.24, 2.45) is 0 Å². The lowest BCUT2D eigenvalue weighted by atomic mass is 9.84. The van der Waals surface area contributed by atoms with Gasteiger partial charge in [0.2, 0.25) is 0 Å². The largest absolute Gasteiger partial charge is 0.392 e. The van der Waals surface area contributed by atoms with Crippen LogP contribution in [0.3, 0.4) is 0 Å². The summed E-state index contributed by atoms with van der Waals surface area (Å²) in [6, 6.07) is 26.2. The molecule has 44 heavy (non-hydrogen) atoms. The highest BCUT2D eigenvalue weighted by Crippen LogP contribution is 2.39. The number of aliphatic hydroxyl groups is 2. The lowest BCUT2D eigenvalue weighted by Crippen LogP contribution is -2.46. The highest BCUT2D eigenvalue weighted by atomic mass is 35.5. The van der Waals surface area contributed by atoms with Gasteiger partial charge in [0.1, 0.15) is 0 Å². The number of rotatable bonds is 8. The van der Waals surface area contributed by atoms with Crippen LogP contribution < -0.4 is 5.32 Å². The van der Waals surface area contributed by atoms with Gasteiger partial charge < -0.3 is 29.9 Å². The first-order valence-electron chi connectivity index (χ1n) is 14.9. The molecule has 8 nitrogen and oxygen atoms in total. The van der Waals surface area contributed by atoms with Crippen LogP contribution in [0.25, 0.3) is 0 Å². The minimum Gasteiger partial charge on any atom is -0.392 e. The summed E-state index contributed by atoms with van der Waals surface area (Å²) in [6.45, 7) is 2.18. The third kappa shape index (κ3) is 7.18. The third-order valence-electron chi connectivity index (χ3n) is 8.51. The molecule has 228 valence electrons. The minimum absolute atomic E-state index is 0.0127. The van der Waals surface area contributed by atoms with Crippen LogP contribution in [0.4, 0.5) is 5.69 Å². The van der Waals surface area contributed by atoms with Gasteiger partial charge in [0.15, 0.2) is 6.29 Å². The third-order valence-corrected chi connectivity index (χ3v) is 8.76. The molecular formula is C35H36ClN3O5. The topological polar surface area (TPSA) is 104 Å². The molecule has 3 N–H and O–H groups in total. The van der Waals surface area contributed by atoms with Crippen molar-refractivity contribution < 1.29 is 24.5 Å². The Morgan fingerprint density at radius 2 is 1.66 bits per heavy atom. The van der Waals surface area contributed by atoms with E-state index < -0.39 is 11.9 Å². The van der Waals surface area contributed by atoms with Crippen molar-refractivity contribution in [2.75, 3.05) is 25.0 Å². The van der Waals surface area contributed by atoms with Gasteiger partial charge in [-0.15, -0.1) is 0 Å². The molecule has 1 aromatic heterocycles. The summed E-state index contributed by atoms with van der Waals surface area (Å²) < 4.78 is 13.0. The number of benzene rings is 3. The molecule has 2 fully saturated rings. The van der Waals surface area contributed by atoms with E-state index in [0.29, 0.717) is 42.1 Å². The molecular weight excluding hydrogens is 578 g/mol. The average Bonchev–Trinajstić information content (AvgIpc) is 3.07. The van der Waals surface area contributed by atoms with Crippen LogP contribution in [0, 0.1) is 0 Å². The molecule has 3 unspecified atom stereocenters. The Morgan fingerprint density at radius 1 is 0.955 bits per heavy atom. The second-order valence-electron chi connectivity index (χ2n) is 11.5. The van der Waals surface area contributed by atoms with E-state index in [1.165, 1.54) is 6.20 Å². The molecule has 3 aromatic carbocycles. The summed E-state index contributed by atoms with van der Waals surface area (Å²) in [7, 11) is 0. The Hall–Kier alpha value is -3.63. The zero-order chi connectivity index (χ0) is 30.5. The Morgan fingerprint density at radius 3 is 2.32 bits per heavy atom. The van der Waals surface area contributed by atoms with E-state index in [1.54, 1.807) is 18.3 Å². The number of nitrogens with zero attached hydrogens (tertiary/aromatic N) is 2. The fraction of sp³-hybridized carbons (Fsp3) is 0.314. The second kappa shape index (κ2) is 13.6. The monoisotopic (exact) mass is 613 g/mol. The molecule has 0 aliphatic carbocycles. The summed E-state index contributed by atoms with van der Waals surface area (Å²) in [5.74, 6) is -0.230. The number of piperidine rings is 1. The first kappa shape index (κ1) is 30.4. The maximum atomic E-state index is 12.6. The number of aromatic nitrogens is 1. The van der Waals surface area contributed by atoms with E-state index >= 15 is 0 Å². The maximum absolute atomic E-state index is 12.6. The van der Waals surface area contributed by atoms with Crippen molar-refractivity contribution in [2.45, 2.75) is 50.0 Å². The van der Waals surface area contributed by atoms with Crippen LogP contribution in [0.2, 0.25) is 5.02 Å². The number of carbonyl (C=O) groups excluding carboxylic acids is 1. The summed E-state index contributed by atoms with van der Waals surface area (Å²) in [5.41, 5.74) is 3.89. The van der Waals surface area contributed by atoms with E-state index in [1.807, 2.05) is 72.8 Å². The van der Waals surface area contributed by atoms with Gasteiger partial charge in [-0.05, 0) is 65.9 Å². The van der Waals surface area contributed by atoms with E-state index in [0.717, 1.165) is 35.3 Å². The minimum atomic E-state index is -0.870. The number of hydrogen-bond acceptors (Lipinski definition) is 7. The number of anilines is 1. The Kier molecular flexibility index (Phi) is 9.37. The molecule has 0 saturated carbocycles. The lowest BCUT2D eigenvalue weighted by Gasteiger charge is -2.42. The number of nitrogens with one attached hydrogen (secondary N) is 1. The van der Waals surface area contributed by atoms with Crippen LogP contribution in [0.5, 0.6) is 0 Å². The molecule has 9 heteroatoms. The number of hydrogen-bond donors (Lipinski definition) is 3. The first-order valence-corrected chi connectivity index (χ1v) is 15.3. The molecule has 0 bridgehead atoms. The van der Waals surface area contributed by atoms with Gasteiger partial charge in [-0.25, -0.2) is 0 Å². The van der Waals surface area contributed by atoms with Crippen LogP contribution >= 0.6 is 11.6 Å². The lowest BCUT2D eigenvalue weighted by molar-refractivity contribution is -0.253. The second-order valence-corrected chi connectivity index (χ2v) is 11.9. The number of carbonyl (C=O) groups is 1. The molecule has 3 atom stereocenters. The molecule has 0 spiro atoms. The van der Waals surface area contributed by atoms with Crippen molar-refractivity contribution in [3.63, 3.8) is 0 Å². The van der Waals surface area contributed by atoms with E-state index in [2.05, 4.69) is 15.2 Å². The summed E-state index contributed by atoms with van der Waals surface area (Å²) in [4.78, 5) is 18.9. The predicted molar refractivity (Wildman–Crippen MR) is 168 cm³/mol. The van der Waals surface area contributed by atoms with Crippen LogP contribution in [0.15, 0.2) is 97.3 Å². The summed E-state index contributed by atoms with van der Waals surface area (Å²) >= 11 is 6.06. The molecule has 1 amide bonds. The van der Waals surface area contributed by atoms with E-state index in [4.69, 9.17) is 21.1 Å². The highest BCUT2D eigenvalue weighted by molar-refractivity contribution is 6.30. The fourth-order valence-electron chi connectivity index (χ4n) is 5.90. The molecule has 0 radical (unpaired) electrons. The van der Waals surface area contributed by atoms with Crippen LogP contribution in [-0.4, -0.2) is 51.7 Å². The molecule has 2 aliphatic heterocycles.